The molecule has 0 heterocycles. The minimum atomic E-state index is -0.558. The molecule has 2 aromatic rings. The van der Waals surface area contributed by atoms with Crippen LogP contribution in [0.2, 0.25) is 0 Å². The van der Waals surface area contributed by atoms with Gasteiger partial charge in [0, 0.05) is 6.07 Å². The van der Waals surface area contributed by atoms with Crippen molar-refractivity contribution in [1.29, 1.82) is 5.26 Å². The van der Waals surface area contributed by atoms with E-state index >= 15 is 0 Å². The smallest absolute Gasteiger partial charge is 0.312 e. The van der Waals surface area contributed by atoms with Crippen LogP contribution in [-0.2, 0) is 0 Å². The van der Waals surface area contributed by atoms with Crippen molar-refractivity contribution in [2.24, 2.45) is 0 Å². The standard InChI is InChI=1S/C15H12N2O3/c1-10-3-5-13(7-11(10)2)20-15-6-4-12(9-16)8-14(15)17(18)19/h3-8H,1-2H3. The minimum Gasteiger partial charge on any atom is -0.450 e. The van der Waals surface area contributed by atoms with Crippen LogP contribution in [-0.4, -0.2) is 4.92 Å². The average molecular weight is 268 g/mol. The lowest BCUT2D eigenvalue weighted by molar-refractivity contribution is -0.385. The van der Waals surface area contributed by atoms with Crippen molar-refractivity contribution >= 4 is 5.69 Å². The van der Waals surface area contributed by atoms with Crippen LogP contribution in [0.4, 0.5) is 5.69 Å². The van der Waals surface area contributed by atoms with Crippen LogP contribution in [0, 0.1) is 35.3 Å². The minimum absolute atomic E-state index is 0.122. The summed E-state index contributed by atoms with van der Waals surface area (Å²) in [6, 6.07) is 11.5. The topological polar surface area (TPSA) is 76.2 Å². The van der Waals surface area contributed by atoms with Gasteiger partial charge in [-0.1, -0.05) is 6.07 Å². The number of ether oxygens (including phenoxy) is 1. The number of nitro benzene ring substituents is 1. The van der Waals surface area contributed by atoms with Gasteiger partial charge in [-0.2, -0.15) is 5.26 Å². The van der Waals surface area contributed by atoms with Gasteiger partial charge in [-0.3, -0.25) is 10.1 Å². The molecule has 0 saturated heterocycles. The highest BCUT2D eigenvalue weighted by Gasteiger charge is 2.17. The summed E-state index contributed by atoms with van der Waals surface area (Å²) in [5.74, 6) is 0.651. The molecule has 0 amide bonds. The lowest BCUT2D eigenvalue weighted by atomic mass is 10.1. The van der Waals surface area contributed by atoms with Gasteiger partial charge < -0.3 is 4.74 Å². The molecule has 0 aliphatic rings. The van der Waals surface area contributed by atoms with Gasteiger partial charge in [-0.05, 0) is 49.2 Å². The first-order valence-corrected chi connectivity index (χ1v) is 5.95. The van der Waals surface area contributed by atoms with Crippen molar-refractivity contribution in [3.8, 4) is 17.6 Å². The van der Waals surface area contributed by atoms with Crippen LogP contribution in [0.25, 0.3) is 0 Å². The predicted octanol–water partition coefficient (Wildman–Crippen LogP) is 3.88. The molecular formula is C15H12N2O3. The first-order valence-electron chi connectivity index (χ1n) is 5.95. The summed E-state index contributed by atoms with van der Waals surface area (Å²) in [4.78, 5) is 10.5. The van der Waals surface area contributed by atoms with Gasteiger partial charge in [0.2, 0.25) is 5.75 Å². The molecule has 0 aliphatic carbocycles. The average Bonchev–Trinajstić information content (AvgIpc) is 2.43. The zero-order valence-electron chi connectivity index (χ0n) is 11.1. The van der Waals surface area contributed by atoms with Crippen molar-refractivity contribution in [1.82, 2.24) is 0 Å². The molecule has 0 aliphatic heterocycles. The Balaban J connectivity index is 2.40. The van der Waals surface area contributed by atoms with Crippen molar-refractivity contribution in [2.75, 3.05) is 0 Å². The Hall–Kier alpha value is -2.87. The maximum absolute atomic E-state index is 11.0. The third-order valence-electron chi connectivity index (χ3n) is 2.99. The highest BCUT2D eigenvalue weighted by atomic mass is 16.6. The quantitative estimate of drug-likeness (QED) is 0.625. The third-order valence-corrected chi connectivity index (χ3v) is 2.99. The number of aryl methyl sites for hydroxylation is 2. The first-order chi connectivity index (χ1) is 9.51. The first kappa shape index (κ1) is 13.6. The molecule has 0 N–H and O–H groups in total. The van der Waals surface area contributed by atoms with E-state index in [1.54, 1.807) is 6.07 Å². The Labute approximate surface area is 116 Å². The third kappa shape index (κ3) is 2.75. The molecular weight excluding hydrogens is 256 g/mol. The second kappa shape index (κ2) is 5.41. The van der Waals surface area contributed by atoms with E-state index < -0.39 is 4.92 Å². The molecule has 0 aromatic heterocycles. The van der Waals surface area contributed by atoms with Crippen molar-refractivity contribution < 1.29 is 9.66 Å². The second-order valence-electron chi connectivity index (χ2n) is 4.40. The summed E-state index contributed by atoms with van der Waals surface area (Å²) in [7, 11) is 0. The van der Waals surface area contributed by atoms with E-state index in [-0.39, 0.29) is 17.0 Å². The van der Waals surface area contributed by atoms with Crippen LogP contribution in [0.15, 0.2) is 36.4 Å². The largest absolute Gasteiger partial charge is 0.450 e. The fourth-order valence-corrected chi connectivity index (χ4v) is 1.72. The summed E-state index contributed by atoms with van der Waals surface area (Å²) >= 11 is 0. The van der Waals surface area contributed by atoms with E-state index in [2.05, 4.69) is 0 Å². The maximum atomic E-state index is 11.0. The fourth-order valence-electron chi connectivity index (χ4n) is 1.72. The second-order valence-corrected chi connectivity index (χ2v) is 4.40. The molecule has 0 bridgehead atoms. The normalized spacial score (nSPS) is 9.85. The Morgan fingerprint density at radius 2 is 1.90 bits per heavy atom. The van der Waals surface area contributed by atoms with Crippen molar-refractivity contribution in [3.63, 3.8) is 0 Å². The van der Waals surface area contributed by atoms with Gasteiger partial charge in [0.05, 0.1) is 16.6 Å². The number of benzene rings is 2. The molecule has 5 heteroatoms. The van der Waals surface area contributed by atoms with Gasteiger partial charge >= 0.3 is 5.69 Å². The molecule has 0 unspecified atom stereocenters. The molecule has 0 radical (unpaired) electrons. The van der Waals surface area contributed by atoms with Gasteiger partial charge in [-0.25, -0.2) is 0 Å². The van der Waals surface area contributed by atoms with Crippen LogP contribution in [0.5, 0.6) is 11.5 Å². The molecule has 100 valence electrons. The molecule has 2 aromatic carbocycles. The van der Waals surface area contributed by atoms with Gasteiger partial charge in [-0.15, -0.1) is 0 Å². The molecule has 0 atom stereocenters. The van der Waals surface area contributed by atoms with Crippen molar-refractivity contribution in [2.45, 2.75) is 13.8 Å². The van der Waals surface area contributed by atoms with Crippen LogP contribution in [0.1, 0.15) is 16.7 Å². The molecule has 0 saturated carbocycles. The Morgan fingerprint density at radius 3 is 2.50 bits per heavy atom. The predicted molar refractivity (Wildman–Crippen MR) is 73.8 cm³/mol. The van der Waals surface area contributed by atoms with Gasteiger partial charge in [0.15, 0.2) is 0 Å². The Kier molecular flexibility index (Phi) is 3.67. The lowest BCUT2D eigenvalue weighted by Gasteiger charge is -2.08. The fraction of sp³-hybridized carbons (Fsp3) is 0.133. The van der Waals surface area contributed by atoms with E-state index in [1.165, 1.54) is 18.2 Å². The van der Waals surface area contributed by atoms with Crippen molar-refractivity contribution in [3.05, 3.63) is 63.2 Å². The van der Waals surface area contributed by atoms with E-state index in [4.69, 9.17) is 10.00 Å². The van der Waals surface area contributed by atoms with E-state index in [9.17, 15) is 10.1 Å². The molecule has 5 nitrogen and oxygen atoms in total. The Morgan fingerprint density at radius 1 is 1.15 bits per heavy atom. The monoisotopic (exact) mass is 268 g/mol. The van der Waals surface area contributed by atoms with E-state index in [0.717, 1.165) is 11.1 Å². The maximum Gasteiger partial charge on any atom is 0.312 e. The van der Waals surface area contributed by atoms with Crippen LogP contribution in [0.3, 0.4) is 0 Å². The van der Waals surface area contributed by atoms with E-state index in [0.29, 0.717) is 5.75 Å². The zero-order valence-corrected chi connectivity index (χ0v) is 11.1. The summed E-state index contributed by atoms with van der Waals surface area (Å²) in [5.41, 5.74) is 2.16. The Bertz CT molecular complexity index is 718. The lowest BCUT2D eigenvalue weighted by Crippen LogP contribution is -1.95. The highest BCUT2D eigenvalue weighted by Crippen LogP contribution is 2.32. The van der Waals surface area contributed by atoms with E-state index in [1.807, 2.05) is 32.0 Å². The number of nitrogens with zero attached hydrogens (tertiary/aromatic N) is 2. The summed E-state index contributed by atoms with van der Waals surface area (Å²) in [6.45, 7) is 3.92. The number of hydrogen-bond acceptors (Lipinski definition) is 4. The zero-order chi connectivity index (χ0) is 14.7. The molecule has 0 fully saturated rings. The van der Waals surface area contributed by atoms with Crippen LogP contribution < -0.4 is 4.74 Å². The molecule has 20 heavy (non-hydrogen) atoms. The summed E-state index contributed by atoms with van der Waals surface area (Å²) < 4.78 is 5.56. The van der Waals surface area contributed by atoms with Gasteiger partial charge in [0.25, 0.3) is 0 Å². The summed E-state index contributed by atoms with van der Waals surface area (Å²) in [5, 5.41) is 19.8. The SMILES string of the molecule is Cc1ccc(Oc2ccc(C#N)cc2[N+](=O)[O-])cc1C. The number of nitro groups is 1. The number of hydrogen-bond donors (Lipinski definition) is 0. The molecule has 2 rings (SSSR count). The van der Waals surface area contributed by atoms with Gasteiger partial charge in [0.1, 0.15) is 5.75 Å². The summed E-state index contributed by atoms with van der Waals surface area (Å²) in [6.07, 6.45) is 0. The number of nitriles is 1. The number of rotatable bonds is 3. The highest BCUT2D eigenvalue weighted by molar-refractivity contribution is 5.53. The molecule has 0 spiro atoms. The van der Waals surface area contributed by atoms with Crippen LogP contribution >= 0.6 is 0 Å².